The fourth-order valence-corrected chi connectivity index (χ4v) is 4.87. The van der Waals surface area contributed by atoms with E-state index in [0.29, 0.717) is 31.7 Å². The first kappa shape index (κ1) is 23.7. The fraction of sp³-hybridized carbons (Fsp3) is 0.739. The number of morpholine rings is 1. The third-order valence-electron chi connectivity index (χ3n) is 6.83. The number of aryl methyl sites for hydroxylation is 1. The average molecular weight is 461 g/mol. The minimum absolute atomic E-state index is 0.0323. The van der Waals surface area contributed by atoms with Crippen molar-refractivity contribution in [3.63, 3.8) is 0 Å². The summed E-state index contributed by atoms with van der Waals surface area (Å²) in [6.45, 7) is 7.53. The first-order valence-electron chi connectivity index (χ1n) is 12.2. The number of amides is 3. The van der Waals surface area contributed by atoms with E-state index in [-0.39, 0.29) is 30.6 Å². The number of ether oxygens (including phenoxy) is 1. The molecule has 4 rings (SSSR count). The lowest BCUT2D eigenvalue weighted by molar-refractivity contribution is -0.134. The Balaban J connectivity index is 1.22. The predicted octanol–water partition coefficient (Wildman–Crippen LogP) is 0.160. The van der Waals surface area contributed by atoms with Crippen molar-refractivity contribution in [3.8, 4) is 0 Å². The van der Waals surface area contributed by atoms with E-state index < -0.39 is 0 Å². The van der Waals surface area contributed by atoms with Gasteiger partial charge in [-0.2, -0.15) is 5.10 Å². The second-order valence-corrected chi connectivity index (χ2v) is 9.12. The van der Waals surface area contributed by atoms with Crippen LogP contribution in [0.3, 0.4) is 0 Å². The molecule has 10 heteroatoms. The summed E-state index contributed by atoms with van der Waals surface area (Å²) in [6.07, 6.45) is 3.99. The maximum absolute atomic E-state index is 12.9. The van der Waals surface area contributed by atoms with Gasteiger partial charge in [0, 0.05) is 83.4 Å². The van der Waals surface area contributed by atoms with Crippen molar-refractivity contribution >= 4 is 17.7 Å². The maximum atomic E-state index is 12.9. The lowest BCUT2D eigenvalue weighted by atomic mass is 10.0. The van der Waals surface area contributed by atoms with Crippen LogP contribution in [-0.2, 0) is 34.3 Å². The van der Waals surface area contributed by atoms with Crippen LogP contribution in [0, 0.1) is 0 Å². The Morgan fingerprint density at radius 2 is 1.76 bits per heavy atom. The van der Waals surface area contributed by atoms with E-state index in [9.17, 15) is 14.4 Å². The van der Waals surface area contributed by atoms with E-state index in [0.717, 1.165) is 76.5 Å². The number of nitrogens with one attached hydrogen (secondary N) is 1. The fourth-order valence-electron chi connectivity index (χ4n) is 4.87. The Bertz CT molecular complexity index is 857. The van der Waals surface area contributed by atoms with Gasteiger partial charge in [-0.1, -0.05) is 0 Å². The van der Waals surface area contributed by atoms with E-state index in [4.69, 9.17) is 4.74 Å². The van der Waals surface area contributed by atoms with Crippen molar-refractivity contribution in [1.82, 2.24) is 29.8 Å². The Morgan fingerprint density at radius 1 is 1.00 bits per heavy atom. The molecule has 10 nitrogen and oxygen atoms in total. The van der Waals surface area contributed by atoms with Gasteiger partial charge in [-0.3, -0.25) is 24.0 Å². The lowest BCUT2D eigenvalue weighted by Gasteiger charge is -2.28. The molecule has 0 aliphatic carbocycles. The molecule has 2 saturated heterocycles. The molecule has 0 atom stereocenters. The number of aromatic nitrogens is 2. The average Bonchev–Trinajstić information content (AvgIpc) is 3.49. The monoisotopic (exact) mass is 460 g/mol. The van der Waals surface area contributed by atoms with Gasteiger partial charge in [0.25, 0.3) is 5.91 Å². The normalized spacial score (nSPS) is 18.9. The molecule has 4 heterocycles. The highest BCUT2D eigenvalue weighted by Gasteiger charge is 2.32. The van der Waals surface area contributed by atoms with Crippen LogP contribution in [0.5, 0.6) is 0 Å². The largest absolute Gasteiger partial charge is 0.379 e. The van der Waals surface area contributed by atoms with E-state index in [1.807, 2.05) is 11.9 Å². The minimum atomic E-state index is -0.0886. The highest BCUT2D eigenvalue weighted by Crippen LogP contribution is 2.25. The highest BCUT2D eigenvalue weighted by atomic mass is 16.5. The molecular formula is C23H36N6O4. The zero-order valence-electron chi connectivity index (χ0n) is 19.7. The summed E-state index contributed by atoms with van der Waals surface area (Å²) in [5, 5.41) is 7.42. The summed E-state index contributed by atoms with van der Waals surface area (Å²) >= 11 is 0. The topological polar surface area (TPSA) is 100 Å². The maximum Gasteiger partial charge on any atom is 0.274 e. The van der Waals surface area contributed by atoms with Gasteiger partial charge in [0.05, 0.1) is 13.2 Å². The van der Waals surface area contributed by atoms with E-state index in [2.05, 4.69) is 15.3 Å². The molecule has 1 aromatic heterocycles. The second kappa shape index (κ2) is 11.1. The van der Waals surface area contributed by atoms with Gasteiger partial charge in [-0.25, -0.2) is 0 Å². The van der Waals surface area contributed by atoms with Crippen LogP contribution >= 0.6 is 0 Å². The van der Waals surface area contributed by atoms with Gasteiger partial charge >= 0.3 is 0 Å². The van der Waals surface area contributed by atoms with Gasteiger partial charge in [-0.05, 0) is 25.8 Å². The Labute approximate surface area is 195 Å². The molecule has 0 bridgehead atoms. The summed E-state index contributed by atoms with van der Waals surface area (Å²) in [5.41, 5.74) is 2.37. The van der Waals surface area contributed by atoms with Crippen LogP contribution < -0.4 is 5.32 Å². The molecule has 0 unspecified atom stereocenters. The number of hydrogen-bond acceptors (Lipinski definition) is 6. The molecule has 1 N–H and O–H groups in total. The van der Waals surface area contributed by atoms with Gasteiger partial charge in [-0.15, -0.1) is 0 Å². The van der Waals surface area contributed by atoms with E-state index in [1.165, 1.54) is 0 Å². The van der Waals surface area contributed by atoms with Gasteiger partial charge in [0.2, 0.25) is 11.8 Å². The summed E-state index contributed by atoms with van der Waals surface area (Å²) in [4.78, 5) is 43.9. The van der Waals surface area contributed by atoms with Crippen LogP contribution in [0.2, 0.25) is 0 Å². The van der Waals surface area contributed by atoms with Crippen molar-refractivity contribution in [1.29, 1.82) is 0 Å². The Hall–Kier alpha value is -2.46. The molecule has 0 saturated carbocycles. The van der Waals surface area contributed by atoms with Crippen LogP contribution in [-0.4, -0.2) is 101 Å². The number of likely N-dealkylation sites (tertiary alicyclic amines) is 1. The number of fused-ring (bicyclic) bond motifs is 1. The molecule has 1 aromatic rings. The molecule has 33 heavy (non-hydrogen) atoms. The van der Waals surface area contributed by atoms with Crippen LogP contribution in [0.4, 0.5) is 0 Å². The van der Waals surface area contributed by atoms with Crippen LogP contribution in [0.25, 0.3) is 0 Å². The quantitative estimate of drug-likeness (QED) is 0.555. The Kier molecular flexibility index (Phi) is 7.97. The molecule has 0 aromatic carbocycles. The molecule has 0 radical (unpaired) electrons. The third kappa shape index (κ3) is 5.92. The molecule has 0 spiro atoms. The zero-order chi connectivity index (χ0) is 23.2. The number of nitrogens with zero attached hydrogens (tertiary/aromatic N) is 5. The van der Waals surface area contributed by atoms with Gasteiger partial charge < -0.3 is 19.9 Å². The molecule has 3 aliphatic heterocycles. The smallest absolute Gasteiger partial charge is 0.274 e. The highest BCUT2D eigenvalue weighted by molar-refractivity contribution is 5.94. The van der Waals surface area contributed by atoms with Crippen LogP contribution in [0.15, 0.2) is 0 Å². The third-order valence-corrected chi connectivity index (χ3v) is 6.83. The predicted molar refractivity (Wildman–Crippen MR) is 122 cm³/mol. The van der Waals surface area contributed by atoms with Gasteiger partial charge in [0.15, 0.2) is 5.69 Å². The Morgan fingerprint density at radius 3 is 2.52 bits per heavy atom. The molecule has 3 aliphatic rings. The van der Waals surface area contributed by atoms with Crippen LogP contribution in [0.1, 0.15) is 53.8 Å². The molecule has 2 fully saturated rings. The first-order chi connectivity index (χ1) is 16.0. The number of hydrogen-bond donors (Lipinski definition) is 1. The molecule has 182 valence electrons. The summed E-state index contributed by atoms with van der Waals surface area (Å²) in [7, 11) is 1.86. The van der Waals surface area contributed by atoms with Crippen molar-refractivity contribution in [2.75, 3.05) is 59.0 Å². The van der Waals surface area contributed by atoms with Crippen molar-refractivity contribution in [2.24, 2.45) is 7.05 Å². The minimum Gasteiger partial charge on any atom is -0.379 e. The van der Waals surface area contributed by atoms with Crippen molar-refractivity contribution in [3.05, 3.63) is 17.0 Å². The first-order valence-corrected chi connectivity index (χ1v) is 12.2. The summed E-state index contributed by atoms with van der Waals surface area (Å²) < 4.78 is 7.12. The number of rotatable bonds is 8. The van der Waals surface area contributed by atoms with Gasteiger partial charge in [0.1, 0.15) is 0 Å². The van der Waals surface area contributed by atoms with E-state index >= 15 is 0 Å². The summed E-state index contributed by atoms with van der Waals surface area (Å²) in [6, 6.07) is 0. The molecule has 3 amide bonds. The number of carbonyl (C=O) groups excluding carboxylic acids is 3. The SMILES string of the molecule is Cn1nc(C(=O)N2CCCC2)c2c1CCN(C(=O)CCC(=O)NCCCN1CCOCC1)C2. The standard InChI is InChI=1S/C23H36N6O4/c1-26-19-7-12-29(17-18(19)22(25-26)23(32)28-10-2-3-11-28)21(31)6-5-20(30)24-8-4-9-27-13-15-33-16-14-27/h2-17H2,1H3,(H,24,30). The van der Waals surface area contributed by atoms with Crippen molar-refractivity contribution < 1.29 is 19.1 Å². The zero-order valence-corrected chi connectivity index (χ0v) is 19.7. The van der Waals surface area contributed by atoms with E-state index in [1.54, 1.807) is 9.58 Å². The summed E-state index contributed by atoms with van der Waals surface area (Å²) in [5.74, 6) is -0.169. The number of carbonyl (C=O) groups is 3. The van der Waals surface area contributed by atoms with Crippen molar-refractivity contribution in [2.45, 2.75) is 45.1 Å². The second-order valence-electron chi connectivity index (χ2n) is 9.12. The lowest BCUT2D eigenvalue weighted by Crippen LogP contribution is -2.39. The molecular weight excluding hydrogens is 424 g/mol.